The first-order valence-electron chi connectivity index (χ1n) is 10.7. The van der Waals surface area contributed by atoms with Crippen LogP contribution in [0.25, 0.3) is 33.5 Å². The summed E-state index contributed by atoms with van der Waals surface area (Å²) in [6.45, 7) is 2.29. The van der Waals surface area contributed by atoms with Crippen molar-refractivity contribution in [1.82, 2.24) is 19.9 Å². The molecule has 3 aromatic heterocycles. The van der Waals surface area contributed by atoms with E-state index in [9.17, 15) is 15.0 Å². The van der Waals surface area contributed by atoms with Crippen LogP contribution in [0.2, 0.25) is 0 Å². The SMILES string of the molecule is CCn1c(=O)c(-c2[nH]nc3c2C(c2cnoc2-c2ccccc2O)ON3)c(O)c2ccccc21. The number of hydrogen-bond acceptors (Lipinski definition) is 8. The first-order chi connectivity index (χ1) is 16.6. The summed E-state index contributed by atoms with van der Waals surface area (Å²) in [5, 5.41) is 33.1. The van der Waals surface area contributed by atoms with Gasteiger partial charge in [-0.1, -0.05) is 29.4 Å². The quantitative estimate of drug-likeness (QED) is 0.318. The van der Waals surface area contributed by atoms with Crippen molar-refractivity contribution in [3.63, 3.8) is 0 Å². The average Bonchev–Trinajstić information content (AvgIpc) is 3.57. The Morgan fingerprint density at radius 2 is 1.91 bits per heavy atom. The molecule has 4 N–H and O–H groups in total. The van der Waals surface area contributed by atoms with Gasteiger partial charge in [0.25, 0.3) is 5.56 Å². The number of aromatic amines is 1. The van der Waals surface area contributed by atoms with Gasteiger partial charge in [0.05, 0.1) is 34.1 Å². The van der Waals surface area contributed by atoms with Crippen LogP contribution in [0, 0.1) is 0 Å². The number of pyridine rings is 1. The van der Waals surface area contributed by atoms with E-state index in [4.69, 9.17) is 9.36 Å². The molecule has 170 valence electrons. The summed E-state index contributed by atoms with van der Waals surface area (Å²) in [6, 6.07) is 13.9. The Balaban J connectivity index is 1.57. The van der Waals surface area contributed by atoms with Gasteiger partial charge in [0.2, 0.25) is 0 Å². The van der Waals surface area contributed by atoms with E-state index in [-0.39, 0.29) is 22.6 Å². The number of hydrogen-bond donors (Lipinski definition) is 4. The fraction of sp³-hybridized carbons (Fsp3) is 0.125. The van der Waals surface area contributed by atoms with Crippen LogP contribution in [0.1, 0.15) is 24.2 Å². The lowest BCUT2D eigenvalue weighted by atomic mass is 9.96. The molecule has 1 aliphatic rings. The molecular weight excluding hydrogens is 438 g/mol. The zero-order valence-corrected chi connectivity index (χ0v) is 17.9. The highest BCUT2D eigenvalue weighted by molar-refractivity contribution is 5.93. The van der Waals surface area contributed by atoms with Gasteiger partial charge in [0.15, 0.2) is 11.6 Å². The monoisotopic (exact) mass is 457 g/mol. The lowest BCUT2D eigenvalue weighted by Gasteiger charge is -2.15. The van der Waals surface area contributed by atoms with E-state index in [1.165, 1.54) is 6.20 Å². The topological polar surface area (TPSA) is 138 Å². The van der Waals surface area contributed by atoms with E-state index < -0.39 is 6.10 Å². The number of para-hydroxylation sites is 2. The number of nitrogens with one attached hydrogen (secondary N) is 2. The normalized spacial score (nSPS) is 14.9. The standard InChI is InChI=1S/C24H19N5O5/c1-2-29-15-9-5-3-7-12(15)20(31)17(24(29)32)19-18-22(34-28-23(18)27-26-19)14-11-25-33-21(14)13-8-4-6-10-16(13)30/h3-11,22,30-31H,2H2,1H3,(H2,26,27,28). The number of aryl methyl sites for hydroxylation is 1. The van der Waals surface area contributed by atoms with Crippen LogP contribution < -0.4 is 11.0 Å². The molecule has 1 atom stereocenters. The van der Waals surface area contributed by atoms with Crippen LogP contribution in [0.4, 0.5) is 5.82 Å². The summed E-state index contributed by atoms with van der Waals surface area (Å²) in [7, 11) is 0. The molecule has 0 saturated carbocycles. The minimum absolute atomic E-state index is 0.0251. The number of aromatic hydroxyl groups is 2. The highest BCUT2D eigenvalue weighted by Crippen LogP contribution is 2.47. The molecule has 0 aliphatic carbocycles. The molecule has 0 saturated heterocycles. The van der Waals surface area contributed by atoms with Crippen molar-refractivity contribution in [2.75, 3.05) is 5.48 Å². The molecule has 10 heteroatoms. The molecule has 0 fully saturated rings. The average molecular weight is 457 g/mol. The summed E-state index contributed by atoms with van der Waals surface area (Å²) < 4.78 is 7.06. The summed E-state index contributed by atoms with van der Waals surface area (Å²) in [6.07, 6.45) is 0.717. The number of nitrogens with zero attached hydrogens (tertiary/aromatic N) is 3. The molecule has 0 bridgehead atoms. The highest BCUT2D eigenvalue weighted by atomic mass is 16.7. The number of fused-ring (bicyclic) bond motifs is 2. The Bertz CT molecular complexity index is 1620. The van der Waals surface area contributed by atoms with Gasteiger partial charge in [-0.05, 0) is 31.2 Å². The van der Waals surface area contributed by atoms with Crippen LogP contribution in [-0.2, 0) is 11.4 Å². The minimum Gasteiger partial charge on any atom is -0.507 e. The molecule has 4 heterocycles. The third kappa shape index (κ3) is 2.75. The number of aromatic nitrogens is 4. The predicted octanol–water partition coefficient (Wildman–Crippen LogP) is 3.92. The second kappa shape index (κ2) is 7.49. The van der Waals surface area contributed by atoms with Gasteiger partial charge >= 0.3 is 0 Å². The van der Waals surface area contributed by atoms with E-state index in [0.717, 1.165) is 0 Å². The maximum absolute atomic E-state index is 13.5. The summed E-state index contributed by atoms with van der Waals surface area (Å²) in [5.41, 5.74) is 4.94. The molecule has 10 nitrogen and oxygen atoms in total. The zero-order valence-electron chi connectivity index (χ0n) is 17.9. The second-order valence-corrected chi connectivity index (χ2v) is 7.88. The third-order valence-corrected chi connectivity index (χ3v) is 6.08. The Morgan fingerprint density at radius 3 is 2.74 bits per heavy atom. The summed E-state index contributed by atoms with van der Waals surface area (Å²) in [5.74, 6) is 0.573. The molecule has 2 aromatic carbocycles. The van der Waals surface area contributed by atoms with E-state index in [2.05, 4.69) is 20.8 Å². The van der Waals surface area contributed by atoms with Gasteiger partial charge in [-0.3, -0.25) is 14.7 Å². The lowest BCUT2D eigenvalue weighted by molar-refractivity contribution is 0.153. The van der Waals surface area contributed by atoms with E-state index >= 15 is 0 Å². The number of phenolic OH excluding ortho intramolecular Hbond substituents is 1. The van der Waals surface area contributed by atoms with Crippen molar-refractivity contribution in [2.45, 2.75) is 19.6 Å². The molecule has 6 rings (SSSR count). The van der Waals surface area contributed by atoms with E-state index in [1.807, 2.05) is 13.0 Å². The van der Waals surface area contributed by atoms with Crippen LogP contribution >= 0.6 is 0 Å². The largest absolute Gasteiger partial charge is 0.507 e. The Morgan fingerprint density at radius 1 is 1.12 bits per heavy atom. The second-order valence-electron chi connectivity index (χ2n) is 7.88. The molecule has 0 radical (unpaired) electrons. The van der Waals surface area contributed by atoms with Crippen LogP contribution in [-0.4, -0.2) is 30.1 Å². The fourth-order valence-corrected chi connectivity index (χ4v) is 4.50. The van der Waals surface area contributed by atoms with Crippen molar-refractivity contribution in [3.8, 4) is 34.1 Å². The Kier molecular flexibility index (Phi) is 4.42. The molecular formula is C24H19N5O5. The van der Waals surface area contributed by atoms with Crippen molar-refractivity contribution in [1.29, 1.82) is 0 Å². The van der Waals surface area contributed by atoms with E-state index in [0.29, 0.717) is 51.4 Å². The van der Waals surface area contributed by atoms with Crippen molar-refractivity contribution >= 4 is 16.7 Å². The van der Waals surface area contributed by atoms with Gasteiger partial charge in [-0.25, -0.2) is 5.48 Å². The van der Waals surface area contributed by atoms with E-state index in [1.54, 1.807) is 47.0 Å². The molecule has 0 spiro atoms. The highest BCUT2D eigenvalue weighted by Gasteiger charge is 2.37. The molecule has 1 aliphatic heterocycles. The Labute approximate surface area is 192 Å². The van der Waals surface area contributed by atoms with Crippen molar-refractivity contribution in [2.24, 2.45) is 0 Å². The van der Waals surface area contributed by atoms with Crippen LogP contribution in [0.5, 0.6) is 11.5 Å². The predicted molar refractivity (Wildman–Crippen MR) is 123 cm³/mol. The molecule has 5 aromatic rings. The fourth-order valence-electron chi connectivity index (χ4n) is 4.50. The smallest absolute Gasteiger partial charge is 0.264 e. The maximum atomic E-state index is 13.5. The maximum Gasteiger partial charge on any atom is 0.264 e. The molecule has 1 unspecified atom stereocenters. The lowest BCUT2D eigenvalue weighted by Crippen LogP contribution is -2.22. The number of anilines is 1. The third-order valence-electron chi connectivity index (χ3n) is 6.08. The Hall–Kier alpha value is -4.57. The first kappa shape index (κ1) is 20.1. The number of benzene rings is 2. The molecule has 0 amide bonds. The van der Waals surface area contributed by atoms with Gasteiger partial charge in [0.1, 0.15) is 23.2 Å². The van der Waals surface area contributed by atoms with Crippen LogP contribution in [0.15, 0.2) is 64.0 Å². The number of H-pyrrole nitrogens is 1. The number of phenols is 1. The van der Waals surface area contributed by atoms with Crippen molar-refractivity contribution in [3.05, 3.63) is 76.2 Å². The van der Waals surface area contributed by atoms with Gasteiger partial charge in [-0.15, -0.1) is 0 Å². The van der Waals surface area contributed by atoms with Gasteiger partial charge in [0, 0.05) is 11.9 Å². The van der Waals surface area contributed by atoms with Gasteiger partial charge < -0.3 is 19.3 Å². The number of rotatable bonds is 4. The zero-order chi connectivity index (χ0) is 23.4. The first-order valence-corrected chi connectivity index (χ1v) is 10.7. The minimum atomic E-state index is -0.773. The van der Waals surface area contributed by atoms with Crippen LogP contribution in [0.3, 0.4) is 0 Å². The van der Waals surface area contributed by atoms with Crippen molar-refractivity contribution < 1.29 is 19.6 Å². The molecule has 34 heavy (non-hydrogen) atoms. The summed E-state index contributed by atoms with van der Waals surface area (Å²) in [4.78, 5) is 19.3. The van der Waals surface area contributed by atoms with Gasteiger partial charge in [-0.2, -0.15) is 5.10 Å². The summed E-state index contributed by atoms with van der Waals surface area (Å²) >= 11 is 0.